The van der Waals surface area contributed by atoms with Crippen LogP contribution >= 0.6 is 0 Å². The number of nitrogens with two attached hydrogens (primary N) is 3. The summed E-state index contributed by atoms with van der Waals surface area (Å²) in [5, 5.41) is 19.7. The molecule has 3 amide bonds. The van der Waals surface area contributed by atoms with Gasteiger partial charge in [0.1, 0.15) is 30.2 Å². The van der Waals surface area contributed by atoms with E-state index in [9.17, 15) is 24.3 Å². The van der Waals surface area contributed by atoms with Crippen molar-refractivity contribution in [2.45, 2.75) is 37.8 Å². The average molecular weight is 595 g/mol. The lowest BCUT2D eigenvalue weighted by Gasteiger charge is -2.41. The number of carboxylic acids is 1. The Morgan fingerprint density at radius 1 is 1.05 bits per heavy atom. The lowest BCUT2D eigenvalue weighted by Crippen LogP contribution is -2.63. The Morgan fingerprint density at radius 2 is 1.70 bits per heavy atom. The molecule has 0 aromatic heterocycles. The van der Waals surface area contributed by atoms with Gasteiger partial charge in [0.15, 0.2) is 5.96 Å². The van der Waals surface area contributed by atoms with Crippen LogP contribution in [0, 0.1) is 5.41 Å². The number of nitrogens with one attached hydrogen (secondary N) is 2. The van der Waals surface area contributed by atoms with Crippen LogP contribution in [0.15, 0.2) is 53.5 Å². The maximum atomic E-state index is 14.1. The number of aliphatic carboxylic acids is 1. The molecule has 1 fully saturated rings. The summed E-state index contributed by atoms with van der Waals surface area (Å²) in [6.45, 7) is -0.00195. The average Bonchev–Trinajstić information content (AvgIpc) is 2.98. The Morgan fingerprint density at radius 3 is 2.28 bits per heavy atom. The van der Waals surface area contributed by atoms with Gasteiger partial charge in [-0.15, -0.1) is 0 Å². The zero-order chi connectivity index (χ0) is 31.5. The van der Waals surface area contributed by atoms with Crippen LogP contribution in [0.3, 0.4) is 0 Å². The van der Waals surface area contributed by atoms with Crippen LogP contribution in [0.5, 0.6) is 5.75 Å². The van der Waals surface area contributed by atoms with Crippen LogP contribution in [0.1, 0.15) is 40.7 Å². The van der Waals surface area contributed by atoms with E-state index >= 15 is 0 Å². The molecule has 1 aliphatic rings. The maximum Gasteiger partial charge on any atom is 0.323 e. The Hall–Kier alpha value is -5.14. The molecular weight excluding hydrogens is 556 g/mol. The van der Waals surface area contributed by atoms with E-state index in [1.54, 1.807) is 24.3 Å². The van der Waals surface area contributed by atoms with Crippen molar-refractivity contribution in [3.63, 3.8) is 0 Å². The SMILES string of the molecule is COc1ccc(C[C@H](NC(=O)c2ccc(C(=N)N)cc2)C(=O)N2CCN(CC(=O)O)C(=O)[C@@H]2CCCCN=C(N)N)cc1. The Bertz CT molecular complexity index is 1340. The van der Waals surface area contributed by atoms with E-state index in [4.69, 9.17) is 27.3 Å². The second-order valence-corrected chi connectivity index (χ2v) is 10.1. The number of hydrogen-bond donors (Lipinski definition) is 6. The van der Waals surface area contributed by atoms with E-state index in [1.807, 2.05) is 0 Å². The van der Waals surface area contributed by atoms with Gasteiger partial charge < -0.3 is 42.2 Å². The van der Waals surface area contributed by atoms with Gasteiger partial charge in [0.05, 0.1) is 7.11 Å². The van der Waals surface area contributed by atoms with E-state index in [2.05, 4.69) is 10.3 Å². The van der Waals surface area contributed by atoms with Crippen molar-refractivity contribution in [2.24, 2.45) is 22.2 Å². The largest absolute Gasteiger partial charge is 0.497 e. The zero-order valence-electron chi connectivity index (χ0n) is 24.0. The van der Waals surface area contributed by atoms with Crippen molar-refractivity contribution < 1.29 is 29.0 Å². The molecule has 1 saturated heterocycles. The molecule has 0 bridgehead atoms. The summed E-state index contributed by atoms with van der Waals surface area (Å²) in [6.07, 6.45) is 1.43. The topological polar surface area (TPSA) is 231 Å². The van der Waals surface area contributed by atoms with E-state index in [0.717, 1.165) is 5.56 Å². The third kappa shape index (κ3) is 9.18. The van der Waals surface area contributed by atoms with Crippen molar-refractivity contribution in [3.05, 3.63) is 65.2 Å². The van der Waals surface area contributed by atoms with Gasteiger partial charge in [-0.1, -0.05) is 24.3 Å². The van der Waals surface area contributed by atoms with E-state index in [1.165, 1.54) is 41.2 Å². The molecule has 14 nitrogen and oxygen atoms in total. The Balaban J connectivity index is 1.88. The molecular formula is C29H38N8O6. The molecule has 2 atom stereocenters. The summed E-state index contributed by atoms with van der Waals surface area (Å²) in [5.41, 5.74) is 17.7. The van der Waals surface area contributed by atoms with Gasteiger partial charge in [0.2, 0.25) is 11.8 Å². The first-order valence-electron chi connectivity index (χ1n) is 13.7. The molecule has 1 aliphatic heterocycles. The molecule has 0 saturated carbocycles. The van der Waals surface area contributed by atoms with Crippen molar-refractivity contribution >= 4 is 35.5 Å². The fraction of sp³-hybridized carbons (Fsp3) is 0.379. The minimum absolute atomic E-state index is 0.0388. The first kappa shape index (κ1) is 32.4. The minimum atomic E-state index is -1.15. The fourth-order valence-corrected chi connectivity index (χ4v) is 4.80. The summed E-state index contributed by atoms with van der Waals surface area (Å²) >= 11 is 0. The molecule has 1 heterocycles. The molecule has 9 N–H and O–H groups in total. The van der Waals surface area contributed by atoms with E-state index in [-0.39, 0.29) is 43.3 Å². The smallest absolute Gasteiger partial charge is 0.323 e. The Labute approximate surface area is 249 Å². The highest BCUT2D eigenvalue weighted by atomic mass is 16.5. The van der Waals surface area contributed by atoms with Crippen LogP contribution in [0.25, 0.3) is 0 Å². The molecule has 0 spiro atoms. The highest BCUT2D eigenvalue weighted by Gasteiger charge is 2.40. The van der Waals surface area contributed by atoms with Gasteiger partial charge in [-0.3, -0.25) is 29.6 Å². The molecule has 2 aromatic carbocycles. The van der Waals surface area contributed by atoms with E-state index in [0.29, 0.717) is 30.7 Å². The lowest BCUT2D eigenvalue weighted by atomic mass is 9.99. The third-order valence-electron chi connectivity index (χ3n) is 7.03. The van der Waals surface area contributed by atoms with Gasteiger partial charge in [0.25, 0.3) is 5.91 Å². The number of aliphatic imine (C=N–C) groups is 1. The number of carbonyl (C=O) groups is 4. The normalized spacial score (nSPS) is 15.4. The van der Waals surface area contributed by atoms with E-state index < -0.39 is 42.3 Å². The quantitative estimate of drug-likeness (QED) is 0.0971. The van der Waals surface area contributed by atoms with Gasteiger partial charge in [0, 0.05) is 37.2 Å². The van der Waals surface area contributed by atoms with Crippen molar-refractivity contribution in [1.82, 2.24) is 15.1 Å². The number of ether oxygens (including phenoxy) is 1. The first-order chi connectivity index (χ1) is 20.5. The predicted octanol–water partition coefficient (Wildman–Crippen LogP) is -0.112. The molecule has 0 unspecified atom stereocenters. The number of benzene rings is 2. The highest BCUT2D eigenvalue weighted by Crippen LogP contribution is 2.21. The second kappa shape index (κ2) is 15.2. The summed E-state index contributed by atoms with van der Waals surface area (Å²) in [6, 6.07) is 11.2. The van der Waals surface area contributed by atoms with Crippen molar-refractivity contribution in [2.75, 3.05) is 33.3 Å². The van der Waals surface area contributed by atoms with Crippen molar-refractivity contribution in [1.29, 1.82) is 5.41 Å². The monoisotopic (exact) mass is 594 g/mol. The third-order valence-corrected chi connectivity index (χ3v) is 7.03. The maximum absolute atomic E-state index is 14.1. The predicted molar refractivity (Wildman–Crippen MR) is 160 cm³/mol. The number of piperazine rings is 1. The van der Waals surface area contributed by atoms with Crippen LogP contribution in [-0.2, 0) is 20.8 Å². The number of carbonyl (C=O) groups excluding carboxylic acids is 3. The number of amides is 3. The lowest BCUT2D eigenvalue weighted by molar-refractivity contribution is -0.156. The fourth-order valence-electron chi connectivity index (χ4n) is 4.80. The second-order valence-electron chi connectivity index (χ2n) is 10.1. The van der Waals surface area contributed by atoms with Crippen molar-refractivity contribution in [3.8, 4) is 5.75 Å². The summed E-state index contributed by atoms with van der Waals surface area (Å²) < 4.78 is 5.22. The summed E-state index contributed by atoms with van der Waals surface area (Å²) in [4.78, 5) is 58.7. The number of nitrogen functional groups attached to an aromatic ring is 1. The molecule has 0 aliphatic carbocycles. The molecule has 43 heavy (non-hydrogen) atoms. The molecule has 2 aromatic rings. The molecule has 0 radical (unpaired) electrons. The van der Waals surface area contributed by atoms with Crippen LogP contribution in [0.2, 0.25) is 0 Å². The molecule has 14 heteroatoms. The first-order valence-corrected chi connectivity index (χ1v) is 13.7. The minimum Gasteiger partial charge on any atom is -0.497 e. The van der Waals surface area contributed by atoms with Crippen LogP contribution < -0.4 is 27.3 Å². The van der Waals surface area contributed by atoms with Gasteiger partial charge in [-0.2, -0.15) is 0 Å². The molecule has 3 rings (SSSR count). The number of nitrogens with zero attached hydrogens (tertiary/aromatic N) is 3. The number of methoxy groups -OCH3 is 1. The standard InChI is InChI=1S/C29H38N8O6/c1-43-21-11-5-18(6-12-21)16-22(35-26(40)20-9-7-19(8-10-20)25(30)31)27(41)37-15-14-36(17-24(38)39)28(42)23(37)4-2-3-13-34-29(32)33/h5-12,22-23H,2-4,13-17H2,1H3,(H3,30,31)(H,35,40)(H,38,39)(H4,32,33,34)/t22-,23-/m0/s1. The van der Waals surface area contributed by atoms with Crippen LogP contribution in [0.4, 0.5) is 0 Å². The van der Waals surface area contributed by atoms with Gasteiger partial charge >= 0.3 is 5.97 Å². The molecule has 230 valence electrons. The number of amidine groups is 1. The number of carboxylic acid groups (broad SMARTS) is 1. The number of hydrogen-bond acceptors (Lipinski definition) is 7. The zero-order valence-corrected chi connectivity index (χ0v) is 24.0. The number of unbranched alkanes of at least 4 members (excludes halogenated alkanes) is 1. The summed E-state index contributed by atoms with van der Waals surface area (Å²) in [7, 11) is 1.54. The van der Waals surface area contributed by atoms with Gasteiger partial charge in [-0.05, 0) is 49.1 Å². The number of rotatable bonds is 14. The Kier molecular flexibility index (Phi) is 11.4. The number of guanidine groups is 1. The highest BCUT2D eigenvalue weighted by molar-refractivity contribution is 6.00. The van der Waals surface area contributed by atoms with Gasteiger partial charge in [-0.25, -0.2) is 0 Å². The van der Waals surface area contributed by atoms with Crippen LogP contribution in [-0.4, -0.2) is 95.8 Å². The summed E-state index contributed by atoms with van der Waals surface area (Å²) in [5.74, 6) is -2.18.